The summed E-state index contributed by atoms with van der Waals surface area (Å²) in [7, 11) is 2.15. The lowest BCUT2D eigenvalue weighted by molar-refractivity contribution is 0.101. The van der Waals surface area contributed by atoms with Crippen LogP contribution >= 0.6 is 0 Å². The molecule has 0 spiro atoms. The lowest BCUT2D eigenvalue weighted by Crippen LogP contribution is -2.43. The minimum Gasteiger partial charge on any atom is -0.357 e. The molecule has 2 amide bonds. The van der Waals surface area contributed by atoms with Gasteiger partial charge in [-0.05, 0) is 74.3 Å². The molecule has 2 saturated heterocycles. The summed E-state index contributed by atoms with van der Waals surface area (Å²) in [4.78, 5) is 37.9. The summed E-state index contributed by atoms with van der Waals surface area (Å²) in [6, 6.07) is 17.0. The van der Waals surface area contributed by atoms with E-state index in [1.165, 1.54) is 12.8 Å². The number of carbonyl (C=O) groups is 2. The number of benzene rings is 2. The van der Waals surface area contributed by atoms with Gasteiger partial charge in [0.15, 0.2) is 0 Å². The number of hydrogen-bond acceptors (Lipinski definition) is 6. The quantitative estimate of drug-likeness (QED) is 0.438. The van der Waals surface area contributed by atoms with Gasteiger partial charge in [-0.15, -0.1) is 0 Å². The Hall–Kier alpha value is -3.75. The van der Waals surface area contributed by atoms with Crippen LogP contribution < -0.4 is 15.5 Å². The van der Waals surface area contributed by atoms with Gasteiger partial charge in [-0.2, -0.15) is 0 Å². The molecule has 0 radical (unpaired) electrons. The fourth-order valence-electron chi connectivity index (χ4n) is 5.34. The Bertz CT molecular complexity index is 1330. The van der Waals surface area contributed by atoms with Crippen molar-refractivity contribution in [1.82, 2.24) is 14.8 Å². The second-order valence-electron chi connectivity index (χ2n) is 11.0. The van der Waals surface area contributed by atoms with Gasteiger partial charge in [0.05, 0.1) is 0 Å². The van der Waals surface area contributed by atoms with E-state index in [0.29, 0.717) is 22.5 Å². The molecule has 0 atom stereocenters. The molecule has 1 aromatic heterocycles. The normalized spacial score (nSPS) is 16.8. The maximum Gasteiger partial charge on any atom is 0.255 e. The maximum absolute atomic E-state index is 13.2. The van der Waals surface area contributed by atoms with Crippen LogP contribution in [0.1, 0.15) is 57.5 Å². The van der Waals surface area contributed by atoms with Crippen LogP contribution in [-0.4, -0.2) is 72.9 Å². The predicted octanol–water partition coefficient (Wildman–Crippen LogP) is 5.02. The minimum atomic E-state index is -0.198. The summed E-state index contributed by atoms with van der Waals surface area (Å²) in [5.41, 5.74) is 4.55. The monoisotopic (exact) mass is 540 g/mol. The van der Waals surface area contributed by atoms with Crippen molar-refractivity contribution in [2.24, 2.45) is 0 Å². The fraction of sp³-hybridized carbons (Fsp3) is 0.406. The van der Waals surface area contributed by atoms with Crippen molar-refractivity contribution in [3.05, 3.63) is 83.0 Å². The molecule has 8 nitrogen and oxygen atoms in total. The van der Waals surface area contributed by atoms with E-state index < -0.39 is 0 Å². The molecule has 2 N–H and O–H groups in total. The molecule has 3 heterocycles. The zero-order valence-electron chi connectivity index (χ0n) is 23.7. The lowest BCUT2D eigenvalue weighted by Gasteiger charge is -2.32. The molecule has 0 saturated carbocycles. The van der Waals surface area contributed by atoms with Crippen LogP contribution in [0.15, 0.2) is 60.8 Å². The van der Waals surface area contributed by atoms with Crippen LogP contribution in [0.4, 0.5) is 17.2 Å². The van der Waals surface area contributed by atoms with Crippen molar-refractivity contribution in [1.29, 1.82) is 0 Å². The Kier molecular flexibility index (Phi) is 9.08. The van der Waals surface area contributed by atoms with E-state index in [4.69, 9.17) is 0 Å². The van der Waals surface area contributed by atoms with Gasteiger partial charge in [0.1, 0.15) is 5.82 Å². The Balaban J connectivity index is 1.23. The highest BCUT2D eigenvalue weighted by atomic mass is 16.2. The van der Waals surface area contributed by atoms with Crippen LogP contribution in [0.2, 0.25) is 0 Å². The van der Waals surface area contributed by atoms with Gasteiger partial charge < -0.3 is 20.4 Å². The molecule has 0 bridgehead atoms. The summed E-state index contributed by atoms with van der Waals surface area (Å²) in [6.07, 6.45) is 6.48. The molecule has 2 aliphatic heterocycles. The number of aromatic nitrogens is 1. The van der Waals surface area contributed by atoms with Crippen molar-refractivity contribution in [2.45, 2.75) is 39.2 Å². The van der Waals surface area contributed by atoms with Gasteiger partial charge in [-0.1, -0.05) is 31.0 Å². The van der Waals surface area contributed by atoms with E-state index in [0.717, 1.165) is 75.6 Å². The number of nitrogens with one attached hydrogen (secondary N) is 2. The van der Waals surface area contributed by atoms with Crippen LogP contribution in [0.25, 0.3) is 0 Å². The van der Waals surface area contributed by atoms with E-state index in [1.54, 1.807) is 12.3 Å². The van der Waals surface area contributed by atoms with Crippen LogP contribution in [0.5, 0.6) is 0 Å². The molecule has 0 unspecified atom stereocenters. The number of rotatable bonds is 7. The number of carbonyl (C=O) groups excluding carboxylic acids is 2. The van der Waals surface area contributed by atoms with Gasteiger partial charge >= 0.3 is 0 Å². The van der Waals surface area contributed by atoms with Crippen molar-refractivity contribution >= 4 is 29.0 Å². The van der Waals surface area contributed by atoms with E-state index in [-0.39, 0.29) is 11.8 Å². The summed E-state index contributed by atoms with van der Waals surface area (Å²) < 4.78 is 0. The minimum absolute atomic E-state index is 0.164. The first-order valence-electron chi connectivity index (χ1n) is 14.4. The molecule has 0 aliphatic carbocycles. The van der Waals surface area contributed by atoms with Crippen LogP contribution in [0, 0.1) is 6.92 Å². The van der Waals surface area contributed by atoms with Gasteiger partial charge in [0.25, 0.3) is 11.8 Å². The van der Waals surface area contributed by atoms with Crippen molar-refractivity contribution < 1.29 is 9.59 Å². The molecule has 8 heteroatoms. The number of pyridine rings is 1. The third-order valence-corrected chi connectivity index (χ3v) is 7.87. The lowest BCUT2D eigenvalue weighted by atomic mass is 10.1. The predicted molar refractivity (Wildman–Crippen MR) is 161 cm³/mol. The number of hydrogen-bond donors (Lipinski definition) is 2. The first kappa shape index (κ1) is 27.8. The fourth-order valence-corrected chi connectivity index (χ4v) is 5.34. The highest BCUT2D eigenvalue weighted by Gasteiger charge is 2.17. The standard InChI is InChI=1S/C32H40N6O2/c1-24-10-11-28(34-31(39)27-12-13-33-30(21-27)38-14-5-3-4-6-15-38)22-29(24)35-32(40)26-9-7-8-25(20-26)23-37-18-16-36(2)17-19-37/h7-13,20-22H,3-6,14-19,23H2,1-2H3,(H,34,39)(H,35,40). The Labute approximate surface area is 237 Å². The van der Waals surface area contributed by atoms with E-state index in [1.807, 2.05) is 49.4 Å². The molecule has 2 aliphatic rings. The summed E-state index contributed by atoms with van der Waals surface area (Å²) in [6.45, 7) is 8.91. The van der Waals surface area contributed by atoms with Crippen molar-refractivity contribution in [3.8, 4) is 0 Å². The van der Waals surface area contributed by atoms with E-state index >= 15 is 0 Å². The molecule has 3 aromatic rings. The average molecular weight is 541 g/mol. The van der Waals surface area contributed by atoms with E-state index in [9.17, 15) is 9.59 Å². The number of anilines is 3. The Morgan fingerprint density at radius 2 is 1.52 bits per heavy atom. The number of nitrogens with zero attached hydrogens (tertiary/aromatic N) is 4. The zero-order chi connectivity index (χ0) is 27.9. The van der Waals surface area contributed by atoms with Crippen molar-refractivity contribution in [2.75, 3.05) is 61.8 Å². The van der Waals surface area contributed by atoms with Crippen LogP contribution in [0.3, 0.4) is 0 Å². The molecular weight excluding hydrogens is 500 g/mol. The second-order valence-corrected chi connectivity index (χ2v) is 11.0. The molecule has 40 heavy (non-hydrogen) atoms. The average Bonchev–Trinajstić information content (AvgIpc) is 3.26. The SMILES string of the molecule is Cc1ccc(NC(=O)c2ccnc(N3CCCCCC3)c2)cc1NC(=O)c1cccc(CN2CCN(C)CC2)c1. The number of likely N-dealkylation sites (N-methyl/N-ethyl adjacent to an activating group) is 1. The Morgan fingerprint density at radius 1 is 0.800 bits per heavy atom. The largest absolute Gasteiger partial charge is 0.357 e. The first-order valence-corrected chi connectivity index (χ1v) is 14.4. The highest BCUT2D eigenvalue weighted by Crippen LogP contribution is 2.23. The van der Waals surface area contributed by atoms with Crippen molar-refractivity contribution in [3.63, 3.8) is 0 Å². The summed E-state index contributed by atoms with van der Waals surface area (Å²) in [5, 5.41) is 6.04. The van der Waals surface area contributed by atoms with Gasteiger partial charge in [-0.3, -0.25) is 14.5 Å². The molecular formula is C32H40N6O2. The number of piperazine rings is 1. The first-order chi connectivity index (χ1) is 19.4. The highest BCUT2D eigenvalue weighted by molar-refractivity contribution is 6.07. The number of amides is 2. The molecule has 2 aromatic carbocycles. The zero-order valence-corrected chi connectivity index (χ0v) is 23.7. The topological polar surface area (TPSA) is 80.8 Å². The van der Waals surface area contributed by atoms with Gasteiger partial charge in [0, 0.05) is 74.5 Å². The van der Waals surface area contributed by atoms with Gasteiger partial charge in [0.2, 0.25) is 0 Å². The second kappa shape index (κ2) is 13.1. The summed E-state index contributed by atoms with van der Waals surface area (Å²) in [5.74, 6) is 0.487. The smallest absolute Gasteiger partial charge is 0.255 e. The summed E-state index contributed by atoms with van der Waals surface area (Å²) >= 11 is 0. The third kappa shape index (κ3) is 7.25. The Morgan fingerprint density at radius 3 is 2.30 bits per heavy atom. The molecule has 2 fully saturated rings. The molecule has 5 rings (SSSR count). The number of aryl methyl sites for hydroxylation is 1. The van der Waals surface area contributed by atoms with Gasteiger partial charge in [-0.25, -0.2) is 4.98 Å². The van der Waals surface area contributed by atoms with Crippen LogP contribution in [-0.2, 0) is 6.54 Å². The maximum atomic E-state index is 13.2. The van der Waals surface area contributed by atoms with E-state index in [2.05, 4.69) is 43.4 Å². The molecule has 210 valence electrons. The third-order valence-electron chi connectivity index (χ3n) is 7.87.